The summed E-state index contributed by atoms with van der Waals surface area (Å²) in [7, 11) is 0. The number of Topliss-reactive ketones (excluding diaryl/α,β-unsaturated/α-hetero) is 1. The number of nitrogens with one attached hydrogen (secondary N) is 1. The number of hydrogen-bond donors (Lipinski definition) is 3. The van der Waals surface area contributed by atoms with Crippen LogP contribution in [0.2, 0.25) is 0 Å². The molecule has 0 radical (unpaired) electrons. The number of amides is 1. The van der Waals surface area contributed by atoms with Gasteiger partial charge in [0.2, 0.25) is 0 Å². The van der Waals surface area contributed by atoms with Gasteiger partial charge in [-0.25, -0.2) is 0 Å². The molecule has 1 amide bonds. The summed E-state index contributed by atoms with van der Waals surface area (Å²) in [4.78, 5) is 24.4. The lowest BCUT2D eigenvalue weighted by Crippen LogP contribution is -2.17. The van der Waals surface area contributed by atoms with Crippen molar-refractivity contribution in [2.45, 2.75) is 38.5 Å². The van der Waals surface area contributed by atoms with E-state index in [9.17, 15) is 9.59 Å². The molecule has 0 aliphatic heterocycles. The molecular weight excluding hydrogens is 286 g/mol. The minimum atomic E-state index is -0.562. The molecule has 21 heavy (non-hydrogen) atoms. The van der Waals surface area contributed by atoms with Crippen LogP contribution in [0.5, 0.6) is 0 Å². The first-order valence-corrected chi connectivity index (χ1v) is 8.39. The zero-order valence-electron chi connectivity index (χ0n) is 12.0. The SMILES string of the molecule is NC(=O)c1c(NCC2CCCC2)sc(C(=O)C2CC2)c1N. The second-order valence-corrected chi connectivity index (χ2v) is 7.10. The number of nitrogen functional groups attached to an aromatic ring is 1. The van der Waals surface area contributed by atoms with E-state index in [0.717, 1.165) is 19.4 Å². The van der Waals surface area contributed by atoms with Crippen LogP contribution in [-0.4, -0.2) is 18.2 Å². The van der Waals surface area contributed by atoms with Crippen LogP contribution in [0.1, 0.15) is 58.6 Å². The Hall–Kier alpha value is -1.56. The quantitative estimate of drug-likeness (QED) is 0.704. The predicted octanol–water partition coefficient (Wildman–Crippen LogP) is 2.62. The van der Waals surface area contributed by atoms with E-state index >= 15 is 0 Å². The Morgan fingerprint density at radius 2 is 1.86 bits per heavy atom. The highest BCUT2D eigenvalue weighted by Gasteiger charge is 2.34. The number of thiophene rings is 1. The number of nitrogens with two attached hydrogens (primary N) is 2. The number of ketones is 1. The third-order valence-corrected chi connectivity index (χ3v) is 5.57. The molecule has 5 nitrogen and oxygen atoms in total. The van der Waals surface area contributed by atoms with E-state index in [1.807, 2.05) is 0 Å². The highest BCUT2D eigenvalue weighted by molar-refractivity contribution is 7.19. The maximum absolute atomic E-state index is 12.2. The van der Waals surface area contributed by atoms with Crippen molar-refractivity contribution in [1.29, 1.82) is 0 Å². The molecule has 0 bridgehead atoms. The average molecular weight is 307 g/mol. The highest BCUT2D eigenvalue weighted by atomic mass is 32.1. The number of hydrogen-bond acceptors (Lipinski definition) is 5. The fourth-order valence-corrected chi connectivity index (χ4v) is 4.13. The van der Waals surface area contributed by atoms with E-state index in [2.05, 4.69) is 5.32 Å². The molecule has 2 aliphatic carbocycles. The first-order valence-electron chi connectivity index (χ1n) is 7.58. The summed E-state index contributed by atoms with van der Waals surface area (Å²) in [6, 6.07) is 0. The Bertz CT molecular complexity index is 572. The van der Waals surface area contributed by atoms with Crippen LogP contribution < -0.4 is 16.8 Å². The molecule has 0 unspecified atom stereocenters. The molecule has 1 aromatic heterocycles. The maximum Gasteiger partial charge on any atom is 0.253 e. The van der Waals surface area contributed by atoms with Crippen molar-refractivity contribution in [3.63, 3.8) is 0 Å². The third kappa shape index (κ3) is 2.90. The van der Waals surface area contributed by atoms with Gasteiger partial charge in [0.15, 0.2) is 5.78 Å². The predicted molar refractivity (Wildman–Crippen MR) is 84.8 cm³/mol. The fourth-order valence-electron chi connectivity index (χ4n) is 2.98. The number of carbonyl (C=O) groups is 2. The van der Waals surface area contributed by atoms with E-state index in [1.165, 1.54) is 37.0 Å². The van der Waals surface area contributed by atoms with E-state index in [-0.39, 0.29) is 17.4 Å². The van der Waals surface area contributed by atoms with E-state index in [1.54, 1.807) is 0 Å². The Morgan fingerprint density at radius 1 is 1.19 bits per heavy atom. The van der Waals surface area contributed by atoms with Crippen LogP contribution in [0.25, 0.3) is 0 Å². The van der Waals surface area contributed by atoms with Crippen LogP contribution in [0.4, 0.5) is 10.7 Å². The van der Waals surface area contributed by atoms with Gasteiger partial charge in [-0.05, 0) is 31.6 Å². The average Bonchev–Trinajstić information content (AvgIpc) is 3.06. The number of anilines is 2. The van der Waals surface area contributed by atoms with Crippen molar-refractivity contribution in [1.82, 2.24) is 0 Å². The molecule has 1 heterocycles. The molecule has 0 spiro atoms. The van der Waals surface area contributed by atoms with E-state index in [4.69, 9.17) is 11.5 Å². The fraction of sp³-hybridized carbons (Fsp3) is 0.600. The topological polar surface area (TPSA) is 98.2 Å². The molecule has 6 heteroatoms. The molecule has 2 saturated carbocycles. The minimum Gasteiger partial charge on any atom is -0.397 e. The molecule has 0 saturated heterocycles. The van der Waals surface area contributed by atoms with Crippen LogP contribution in [-0.2, 0) is 0 Å². The van der Waals surface area contributed by atoms with Gasteiger partial charge < -0.3 is 16.8 Å². The molecule has 0 atom stereocenters. The summed E-state index contributed by atoms with van der Waals surface area (Å²) in [5.41, 5.74) is 12.0. The Labute approximate surface area is 128 Å². The standard InChI is InChI=1S/C15H21N3O2S/c16-11-10(14(17)20)15(18-7-8-3-1-2-4-8)21-13(11)12(19)9-5-6-9/h8-9,18H,1-7,16H2,(H2,17,20). The van der Waals surface area contributed by atoms with Gasteiger partial charge in [-0.15, -0.1) is 11.3 Å². The molecule has 2 aliphatic rings. The lowest BCUT2D eigenvalue weighted by molar-refractivity contribution is 0.0972. The normalized spacial score (nSPS) is 18.9. The molecule has 5 N–H and O–H groups in total. The number of rotatable bonds is 6. The lowest BCUT2D eigenvalue weighted by atomic mass is 10.1. The van der Waals surface area contributed by atoms with Crippen molar-refractivity contribution >= 4 is 33.7 Å². The second-order valence-electron chi connectivity index (χ2n) is 6.08. The third-order valence-electron chi connectivity index (χ3n) is 4.39. The first-order chi connectivity index (χ1) is 10.1. The summed E-state index contributed by atoms with van der Waals surface area (Å²) < 4.78 is 0. The van der Waals surface area contributed by atoms with Gasteiger partial charge in [0, 0.05) is 12.5 Å². The van der Waals surface area contributed by atoms with Gasteiger partial charge in [-0.1, -0.05) is 12.8 Å². The Morgan fingerprint density at radius 3 is 2.43 bits per heavy atom. The molecule has 2 fully saturated rings. The molecule has 0 aromatic carbocycles. The van der Waals surface area contributed by atoms with Crippen LogP contribution >= 0.6 is 11.3 Å². The van der Waals surface area contributed by atoms with Crippen molar-refractivity contribution in [3.8, 4) is 0 Å². The highest BCUT2D eigenvalue weighted by Crippen LogP contribution is 2.41. The van der Waals surface area contributed by atoms with Crippen molar-refractivity contribution in [3.05, 3.63) is 10.4 Å². The minimum absolute atomic E-state index is 0.0638. The summed E-state index contributed by atoms with van der Waals surface area (Å²) in [5.74, 6) is 0.229. The Kier molecular flexibility index (Phi) is 3.89. The van der Waals surface area contributed by atoms with Crippen molar-refractivity contribution in [2.75, 3.05) is 17.6 Å². The number of carbonyl (C=O) groups excluding carboxylic acids is 2. The first kappa shape index (κ1) is 14.4. The van der Waals surface area contributed by atoms with Gasteiger partial charge in [0.25, 0.3) is 5.91 Å². The summed E-state index contributed by atoms with van der Waals surface area (Å²) in [6.07, 6.45) is 6.82. The Balaban J connectivity index is 1.81. The summed E-state index contributed by atoms with van der Waals surface area (Å²) in [6.45, 7) is 0.817. The van der Waals surface area contributed by atoms with Gasteiger partial charge in [-0.3, -0.25) is 9.59 Å². The van der Waals surface area contributed by atoms with Crippen molar-refractivity contribution in [2.24, 2.45) is 17.6 Å². The van der Waals surface area contributed by atoms with Crippen LogP contribution in [0.15, 0.2) is 0 Å². The second kappa shape index (κ2) is 5.67. The molecule has 1 aromatic rings. The van der Waals surface area contributed by atoms with Crippen LogP contribution in [0, 0.1) is 11.8 Å². The summed E-state index contributed by atoms with van der Waals surface area (Å²) in [5, 5.41) is 3.96. The molecule has 3 rings (SSSR count). The van der Waals surface area contributed by atoms with E-state index in [0.29, 0.717) is 21.4 Å². The monoisotopic (exact) mass is 307 g/mol. The zero-order valence-corrected chi connectivity index (χ0v) is 12.8. The van der Waals surface area contributed by atoms with Gasteiger partial charge in [0.05, 0.1) is 16.1 Å². The smallest absolute Gasteiger partial charge is 0.253 e. The number of primary amides is 1. The van der Waals surface area contributed by atoms with Crippen molar-refractivity contribution < 1.29 is 9.59 Å². The van der Waals surface area contributed by atoms with Gasteiger partial charge in [-0.2, -0.15) is 0 Å². The molecular formula is C15H21N3O2S. The van der Waals surface area contributed by atoms with Gasteiger partial charge in [0.1, 0.15) is 5.00 Å². The van der Waals surface area contributed by atoms with Gasteiger partial charge >= 0.3 is 0 Å². The summed E-state index contributed by atoms with van der Waals surface area (Å²) >= 11 is 1.29. The van der Waals surface area contributed by atoms with Crippen LogP contribution in [0.3, 0.4) is 0 Å². The zero-order chi connectivity index (χ0) is 15.0. The maximum atomic E-state index is 12.2. The lowest BCUT2D eigenvalue weighted by Gasteiger charge is -2.11. The van der Waals surface area contributed by atoms with E-state index < -0.39 is 5.91 Å². The largest absolute Gasteiger partial charge is 0.397 e. The molecule has 114 valence electrons.